The summed E-state index contributed by atoms with van der Waals surface area (Å²) in [5.74, 6) is 2.63. The number of benzene rings is 2. The van der Waals surface area contributed by atoms with Crippen LogP contribution in [-0.2, 0) is 6.42 Å². The molecule has 0 radical (unpaired) electrons. The number of H-pyrrole nitrogens is 1. The van der Waals surface area contributed by atoms with Crippen LogP contribution in [0.25, 0.3) is 22.3 Å². The fraction of sp³-hybridized carbons (Fsp3) is 0.0833. The molecule has 0 fully saturated rings. The van der Waals surface area contributed by atoms with E-state index in [-0.39, 0.29) is 0 Å². The topological polar surface area (TPSA) is 85.8 Å². The van der Waals surface area contributed by atoms with Crippen molar-refractivity contribution in [2.75, 3.05) is 7.11 Å². The Labute approximate surface area is 178 Å². The number of nitrogens with zero attached hydrogens (tertiary/aromatic N) is 4. The van der Waals surface area contributed by atoms with E-state index in [1.165, 1.54) is 0 Å². The number of fused-ring (bicyclic) bond motifs is 1. The lowest BCUT2D eigenvalue weighted by Gasteiger charge is -2.11. The number of nitrogens with one attached hydrogen (secondary N) is 1. The summed E-state index contributed by atoms with van der Waals surface area (Å²) in [6, 6.07) is 17.7. The summed E-state index contributed by atoms with van der Waals surface area (Å²) in [5, 5.41) is 0. The Bertz CT molecular complexity index is 1300. The lowest BCUT2D eigenvalue weighted by atomic mass is 10.1. The van der Waals surface area contributed by atoms with E-state index < -0.39 is 0 Å². The summed E-state index contributed by atoms with van der Waals surface area (Å²) in [6.07, 6.45) is 7.27. The third kappa shape index (κ3) is 3.93. The smallest absolute Gasteiger partial charge is 0.246 e. The number of rotatable bonds is 6. The van der Waals surface area contributed by atoms with E-state index in [0.29, 0.717) is 29.5 Å². The van der Waals surface area contributed by atoms with Gasteiger partial charge in [0.25, 0.3) is 0 Å². The molecule has 0 saturated heterocycles. The highest BCUT2D eigenvalue weighted by atomic mass is 16.5. The maximum Gasteiger partial charge on any atom is 0.246 e. The Balaban J connectivity index is 1.37. The average Bonchev–Trinajstić information content (AvgIpc) is 3.23. The number of methoxy groups -OCH3 is 1. The minimum atomic E-state index is 0.388. The largest absolute Gasteiger partial charge is 0.496 e. The molecular weight excluding hydrogens is 390 g/mol. The maximum atomic E-state index is 6.04. The van der Waals surface area contributed by atoms with E-state index in [9.17, 15) is 0 Å². The van der Waals surface area contributed by atoms with Crippen LogP contribution in [-0.4, -0.2) is 32.0 Å². The molecule has 3 aromatic heterocycles. The monoisotopic (exact) mass is 409 g/mol. The second-order valence-electron chi connectivity index (χ2n) is 6.91. The van der Waals surface area contributed by atoms with Gasteiger partial charge >= 0.3 is 0 Å². The zero-order valence-electron chi connectivity index (χ0n) is 16.8. The first-order valence-electron chi connectivity index (χ1n) is 9.80. The number of ether oxygens (including phenoxy) is 2. The van der Waals surface area contributed by atoms with Crippen molar-refractivity contribution in [3.05, 3.63) is 90.8 Å². The van der Waals surface area contributed by atoms with Gasteiger partial charge in [-0.2, -0.15) is 0 Å². The van der Waals surface area contributed by atoms with Crippen LogP contribution in [0.4, 0.5) is 0 Å². The highest BCUT2D eigenvalue weighted by molar-refractivity contribution is 5.74. The van der Waals surface area contributed by atoms with Crippen LogP contribution in [0.15, 0.2) is 79.4 Å². The van der Waals surface area contributed by atoms with E-state index in [1.54, 1.807) is 38.0 Å². The van der Waals surface area contributed by atoms with Crippen LogP contribution < -0.4 is 9.47 Å². The van der Waals surface area contributed by atoms with Crippen LogP contribution in [0.2, 0.25) is 0 Å². The normalized spacial score (nSPS) is 10.9. The average molecular weight is 409 g/mol. The Morgan fingerprint density at radius 3 is 2.58 bits per heavy atom. The van der Waals surface area contributed by atoms with Crippen molar-refractivity contribution in [2.24, 2.45) is 0 Å². The maximum absolute atomic E-state index is 6.04. The molecule has 5 rings (SSSR count). The predicted octanol–water partition coefficient (Wildman–Crippen LogP) is 4.81. The highest BCUT2D eigenvalue weighted by Crippen LogP contribution is 2.34. The lowest BCUT2D eigenvalue weighted by Crippen LogP contribution is -1.97. The molecule has 0 saturated carbocycles. The zero-order valence-corrected chi connectivity index (χ0v) is 16.8. The van der Waals surface area contributed by atoms with E-state index in [2.05, 4.69) is 24.9 Å². The molecule has 1 N–H and O–H groups in total. The number of aromatic nitrogens is 5. The van der Waals surface area contributed by atoms with Crippen LogP contribution in [0.3, 0.4) is 0 Å². The van der Waals surface area contributed by atoms with Crippen molar-refractivity contribution in [1.29, 1.82) is 0 Å². The van der Waals surface area contributed by atoms with Crippen molar-refractivity contribution < 1.29 is 9.47 Å². The van der Waals surface area contributed by atoms with Gasteiger partial charge in [0.15, 0.2) is 0 Å². The summed E-state index contributed by atoms with van der Waals surface area (Å²) in [7, 11) is 1.61. The van der Waals surface area contributed by atoms with E-state index in [4.69, 9.17) is 9.47 Å². The van der Waals surface area contributed by atoms with Gasteiger partial charge in [-0.3, -0.25) is 4.98 Å². The minimum absolute atomic E-state index is 0.388. The number of aromatic amines is 1. The van der Waals surface area contributed by atoms with Crippen molar-refractivity contribution in [3.63, 3.8) is 0 Å². The first-order valence-corrected chi connectivity index (χ1v) is 9.80. The van der Waals surface area contributed by atoms with Crippen LogP contribution in [0, 0.1) is 0 Å². The second-order valence-corrected chi connectivity index (χ2v) is 6.91. The summed E-state index contributed by atoms with van der Waals surface area (Å²) in [5.41, 5.74) is 4.42. The van der Waals surface area contributed by atoms with Crippen molar-refractivity contribution in [3.8, 4) is 28.6 Å². The molecule has 7 heteroatoms. The number of imidazole rings is 1. The van der Waals surface area contributed by atoms with Gasteiger partial charge in [-0.15, -0.1) is 0 Å². The molecule has 0 atom stereocenters. The van der Waals surface area contributed by atoms with Gasteiger partial charge in [-0.1, -0.05) is 24.3 Å². The molecule has 152 valence electrons. The Kier molecular flexibility index (Phi) is 4.98. The molecule has 3 heterocycles. The predicted molar refractivity (Wildman–Crippen MR) is 117 cm³/mol. The van der Waals surface area contributed by atoms with Crippen molar-refractivity contribution in [1.82, 2.24) is 24.9 Å². The van der Waals surface area contributed by atoms with E-state index in [1.807, 2.05) is 48.5 Å². The number of para-hydroxylation sites is 2. The first kappa shape index (κ1) is 18.7. The summed E-state index contributed by atoms with van der Waals surface area (Å²) in [6.45, 7) is 0. The minimum Gasteiger partial charge on any atom is -0.496 e. The quantitative estimate of drug-likeness (QED) is 0.433. The third-order valence-corrected chi connectivity index (χ3v) is 4.87. The van der Waals surface area contributed by atoms with Crippen LogP contribution >= 0.6 is 0 Å². The fourth-order valence-corrected chi connectivity index (χ4v) is 3.39. The van der Waals surface area contributed by atoms with Gasteiger partial charge in [-0.25, -0.2) is 15.0 Å². The van der Waals surface area contributed by atoms with Gasteiger partial charge in [0.2, 0.25) is 5.88 Å². The molecular formula is C24H19N5O2. The third-order valence-electron chi connectivity index (χ3n) is 4.87. The Morgan fingerprint density at radius 1 is 0.903 bits per heavy atom. The molecule has 0 aliphatic carbocycles. The fourth-order valence-electron chi connectivity index (χ4n) is 3.39. The van der Waals surface area contributed by atoms with E-state index >= 15 is 0 Å². The summed E-state index contributed by atoms with van der Waals surface area (Å²) < 4.78 is 11.5. The number of hydrogen-bond donors (Lipinski definition) is 1. The molecule has 0 bridgehead atoms. The molecule has 0 aliphatic heterocycles. The standard InChI is InChI=1S/C24H19N5O2/c1-30-21-10-11-25-15-18(21)23-24(27-13-12-26-23)31-17-8-6-16(7-9-17)14-22-28-19-4-2-3-5-20(19)29-22/h2-13,15H,14H2,1H3,(H,28,29). The van der Waals surface area contributed by atoms with E-state index in [0.717, 1.165) is 28.0 Å². The van der Waals surface area contributed by atoms with Crippen LogP contribution in [0.5, 0.6) is 17.4 Å². The lowest BCUT2D eigenvalue weighted by molar-refractivity contribution is 0.414. The van der Waals surface area contributed by atoms with Crippen molar-refractivity contribution in [2.45, 2.75) is 6.42 Å². The summed E-state index contributed by atoms with van der Waals surface area (Å²) in [4.78, 5) is 21.0. The Morgan fingerprint density at radius 2 is 1.74 bits per heavy atom. The van der Waals surface area contributed by atoms with Crippen molar-refractivity contribution >= 4 is 11.0 Å². The molecule has 0 aliphatic rings. The van der Waals surface area contributed by atoms with Gasteiger partial charge in [0.05, 0.1) is 23.7 Å². The number of pyridine rings is 1. The molecule has 31 heavy (non-hydrogen) atoms. The number of hydrogen-bond acceptors (Lipinski definition) is 6. The Hall–Kier alpha value is -4.26. The molecule has 0 spiro atoms. The van der Waals surface area contributed by atoms with Gasteiger partial charge < -0.3 is 14.5 Å². The molecule has 0 amide bonds. The van der Waals surface area contributed by atoms with Gasteiger partial charge in [0, 0.05) is 31.2 Å². The summed E-state index contributed by atoms with van der Waals surface area (Å²) >= 11 is 0. The first-order chi connectivity index (χ1) is 15.3. The highest BCUT2D eigenvalue weighted by Gasteiger charge is 2.15. The second kappa shape index (κ2) is 8.23. The SMILES string of the molecule is COc1ccncc1-c1nccnc1Oc1ccc(Cc2nc3ccccc3[nH]2)cc1. The molecule has 0 unspecified atom stereocenters. The van der Waals surface area contributed by atoms with Gasteiger partial charge in [-0.05, 0) is 35.9 Å². The van der Waals surface area contributed by atoms with Crippen LogP contribution in [0.1, 0.15) is 11.4 Å². The molecule has 7 nitrogen and oxygen atoms in total. The van der Waals surface area contributed by atoms with Gasteiger partial charge in [0.1, 0.15) is 23.0 Å². The molecule has 5 aromatic rings. The zero-order chi connectivity index (χ0) is 21.0. The molecule has 2 aromatic carbocycles.